The zero-order valence-electron chi connectivity index (χ0n) is 57.6. The first-order chi connectivity index (χ1) is 43.0. The van der Waals surface area contributed by atoms with Crippen molar-refractivity contribution < 1.29 is 80.2 Å². The lowest BCUT2D eigenvalue weighted by molar-refractivity contribution is -0.161. The van der Waals surface area contributed by atoms with E-state index in [1.165, 1.54) is 186 Å². The average Bonchev–Trinajstić information content (AvgIpc) is 3.52. The van der Waals surface area contributed by atoms with Crippen LogP contribution in [0, 0.1) is 5.92 Å². The fourth-order valence-electron chi connectivity index (χ4n) is 10.6. The van der Waals surface area contributed by atoms with Crippen molar-refractivity contribution >= 4 is 39.5 Å². The molecule has 0 spiro atoms. The summed E-state index contributed by atoms with van der Waals surface area (Å²) in [6.45, 7) is 7.21. The van der Waals surface area contributed by atoms with E-state index >= 15 is 0 Å². The number of hydrogen-bond acceptors (Lipinski definition) is 15. The Hall–Kier alpha value is -1.94. The van der Waals surface area contributed by atoms with E-state index in [4.69, 9.17) is 37.0 Å². The van der Waals surface area contributed by atoms with Gasteiger partial charge in [0.05, 0.1) is 26.4 Å². The van der Waals surface area contributed by atoms with Crippen LogP contribution in [0.25, 0.3) is 0 Å². The summed E-state index contributed by atoms with van der Waals surface area (Å²) < 4.78 is 68.3. The lowest BCUT2D eigenvalue weighted by Gasteiger charge is -2.21. The van der Waals surface area contributed by atoms with Crippen LogP contribution in [0.15, 0.2) is 0 Å². The van der Waals surface area contributed by atoms with E-state index in [-0.39, 0.29) is 25.7 Å². The molecule has 0 fully saturated rings. The van der Waals surface area contributed by atoms with E-state index < -0.39 is 97.5 Å². The van der Waals surface area contributed by atoms with Gasteiger partial charge in [0.2, 0.25) is 0 Å². The summed E-state index contributed by atoms with van der Waals surface area (Å²) in [6, 6.07) is 0. The van der Waals surface area contributed by atoms with Crippen molar-refractivity contribution in [2.45, 2.75) is 380 Å². The van der Waals surface area contributed by atoms with Crippen LogP contribution in [0.4, 0.5) is 0 Å². The van der Waals surface area contributed by atoms with Crippen LogP contribution in [0.2, 0.25) is 0 Å². The zero-order valence-corrected chi connectivity index (χ0v) is 59.4. The van der Waals surface area contributed by atoms with Crippen LogP contribution in [0.1, 0.15) is 362 Å². The first kappa shape index (κ1) is 87.1. The van der Waals surface area contributed by atoms with Crippen LogP contribution in [-0.4, -0.2) is 96.7 Å². The van der Waals surface area contributed by atoms with Crippen molar-refractivity contribution in [2.24, 2.45) is 5.92 Å². The molecule has 5 atom stereocenters. The van der Waals surface area contributed by atoms with Gasteiger partial charge in [0, 0.05) is 25.7 Å². The predicted molar refractivity (Wildman–Crippen MR) is 358 cm³/mol. The number of carbonyl (C=O) groups is 4. The quantitative estimate of drug-likeness (QED) is 0.0222. The second-order valence-corrected chi connectivity index (χ2v) is 28.7. The smallest absolute Gasteiger partial charge is 0.462 e. The molecule has 89 heavy (non-hydrogen) atoms. The molecular formula is C70H136O17P2. The molecule has 17 nitrogen and oxygen atoms in total. The molecule has 0 saturated carbocycles. The number of aliphatic hydroxyl groups is 1. The maximum Gasteiger partial charge on any atom is 0.472 e. The van der Waals surface area contributed by atoms with Crippen molar-refractivity contribution in [3.63, 3.8) is 0 Å². The molecule has 0 radical (unpaired) electrons. The molecule has 0 heterocycles. The molecule has 0 bridgehead atoms. The Morgan fingerprint density at radius 1 is 0.303 bits per heavy atom. The van der Waals surface area contributed by atoms with Gasteiger partial charge in [-0.15, -0.1) is 0 Å². The largest absolute Gasteiger partial charge is 0.472 e. The highest BCUT2D eigenvalue weighted by molar-refractivity contribution is 7.47. The van der Waals surface area contributed by atoms with Crippen molar-refractivity contribution in [3.8, 4) is 0 Å². The molecule has 2 unspecified atom stereocenters. The molecule has 19 heteroatoms. The Labute approximate surface area is 543 Å². The third-order valence-corrected chi connectivity index (χ3v) is 18.2. The van der Waals surface area contributed by atoms with E-state index in [1.54, 1.807) is 0 Å². The van der Waals surface area contributed by atoms with Crippen LogP contribution in [-0.2, 0) is 65.4 Å². The first-order valence-electron chi connectivity index (χ1n) is 36.6. The maximum absolute atomic E-state index is 13.0. The number of rotatable bonds is 70. The number of ether oxygens (including phenoxy) is 4. The van der Waals surface area contributed by atoms with Gasteiger partial charge in [-0.1, -0.05) is 311 Å². The number of esters is 4. The summed E-state index contributed by atoms with van der Waals surface area (Å²) in [6.07, 6.45) is 49.8. The predicted octanol–water partition coefficient (Wildman–Crippen LogP) is 20.1. The number of aliphatic hydroxyl groups excluding tert-OH is 1. The van der Waals surface area contributed by atoms with Crippen LogP contribution in [0.3, 0.4) is 0 Å². The van der Waals surface area contributed by atoms with Gasteiger partial charge < -0.3 is 33.8 Å². The maximum atomic E-state index is 13.0. The van der Waals surface area contributed by atoms with Gasteiger partial charge in [-0.25, -0.2) is 9.13 Å². The normalized spacial score (nSPS) is 14.1. The minimum Gasteiger partial charge on any atom is -0.462 e. The molecule has 0 rings (SSSR count). The average molecular weight is 1310 g/mol. The number of hydrogen-bond donors (Lipinski definition) is 3. The summed E-state index contributed by atoms with van der Waals surface area (Å²) in [4.78, 5) is 72.5. The molecule has 0 aromatic carbocycles. The highest BCUT2D eigenvalue weighted by Crippen LogP contribution is 2.45. The fourth-order valence-corrected chi connectivity index (χ4v) is 12.2. The van der Waals surface area contributed by atoms with E-state index in [0.29, 0.717) is 25.7 Å². The fraction of sp³-hybridized carbons (Fsp3) is 0.943. The Morgan fingerprint density at radius 2 is 0.517 bits per heavy atom. The van der Waals surface area contributed by atoms with Crippen LogP contribution >= 0.6 is 15.6 Å². The van der Waals surface area contributed by atoms with Crippen molar-refractivity contribution in [3.05, 3.63) is 0 Å². The summed E-state index contributed by atoms with van der Waals surface area (Å²) in [5, 5.41) is 10.6. The Kier molecular flexibility index (Phi) is 62.1. The topological polar surface area (TPSA) is 237 Å². The molecule has 0 aliphatic carbocycles. The molecule has 0 aliphatic heterocycles. The lowest BCUT2D eigenvalue weighted by atomic mass is 10.0. The van der Waals surface area contributed by atoms with E-state index in [0.717, 1.165) is 95.8 Å². The number of unbranched alkanes of at least 4 members (excludes halogenated alkanes) is 42. The monoisotopic (exact) mass is 1310 g/mol. The van der Waals surface area contributed by atoms with Crippen LogP contribution in [0.5, 0.6) is 0 Å². The molecule has 0 aliphatic rings. The number of phosphoric acid groups is 2. The van der Waals surface area contributed by atoms with Crippen molar-refractivity contribution in [2.75, 3.05) is 39.6 Å². The number of carbonyl (C=O) groups excluding carboxylic acids is 4. The third kappa shape index (κ3) is 64.6. The van der Waals surface area contributed by atoms with Gasteiger partial charge in [-0.2, -0.15) is 0 Å². The van der Waals surface area contributed by atoms with Crippen LogP contribution < -0.4 is 0 Å². The molecule has 528 valence electrons. The van der Waals surface area contributed by atoms with E-state index in [2.05, 4.69) is 34.6 Å². The van der Waals surface area contributed by atoms with Gasteiger partial charge in [0.1, 0.15) is 19.3 Å². The Morgan fingerprint density at radius 3 is 0.764 bits per heavy atom. The summed E-state index contributed by atoms with van der Waals surface area (Å²) >= 11 is 0. The summed E-state index contributed by atoms with van der Waals surface area (Å²) in [5.74, 6) is -1.40. The highest BCUT2D eigenvalue weighted by atomic mass is 31.2. The molecule has 0 amide bonds. The Bertz CT molecular complexity index is 1720. The minimum absolute atomic E-state index is 0.105. The van der Waals surface area contributed by atoms with Gasteiger partial charge >= 0.3 is 39.5 Å². The molecule has 0 aromatic heterocycles. The van der Waals surface area contributed by atoms with Crippen molar-refractivity contribution in [1.82, 2.24) is 0 Å². The molecule has 0 aromatic rings. The minimum atomic E-state index is -4.95. The van der Waals surface area contributed by atoms with Crippen molar-refractivity contribution in [1.29, 1.82) is 0 Å². The Balaban J connectivity index is 5.25. The molecule has 0 saturated heterocycles. The lowest BCUT2D eigenvalue weighted by Crippen LogP contribution is -2.30. The third-order valence-electron chi connectivity index (χ3n) is 16.3. The zero-order chi connectivity index (χ0) is 65.6. The molecule has 3 N–H and O–H groups in total. The standard InChI is InChI=1S/C70H136O17P2/c1-6-9-12-15-18-21-24-26-28-31-34-40-45-50-55-69(74)86-65(59-81-68(73)54-49-44-39-33-30-27-25-22-19-16-13-10-7-2)61-84-88(76,77)82-57-64(71)58-83-89(78,79)85-62-66(87-70(75)56-51-46-41-36-35-37-42-47-52-63(4)5)60-80-67(72)53-48-43-38-32-29-23-20-17-14-11-8-3/h63-66,71H,6-62H2,1-5H3,(H,76,77)(H,78,79)/t64-,65-,66-/m1/s1. The van der Waals surface area contributed by atoms with Gasteiger partial charge in [-0.05, 0) is 31.6 Å². The highest BCUT2D eigenvalue weighted by Gasteiger charge is 2.30. The SMILES string of the molecule is CCCCCCCCCCCCCCCCC(=O)O[C@H](COC(=O)CCCCCCCCCCCCCCC)COP(=O)(O)OC[C@@H](O)COP(=O)(O)OC[C@@H](COC(=O)CCCCCCCCCCCCC)OC(=O)CCCCCCCCCCC(C)C. The van der Waals surface area contributed by atoms with E-state index in [9.17, 15) is 43.2 Å². The molecular weight excluding hydrogens is 1170 g/mol. The number of phosphoric ester groups is 2. The van der Waals surface area contributed by atoms with Gasteiger partial charge in [0.25, 0.3) is 0 Å². The summed E-state index contributed by atoms with van der Waals surface area (Å²) in [7, 11) is -9.90. The second kappa shape index (κ2) is 63.5. The second-order valence-electron chi connectivity index (χ2n) is 25.7. The van der Waals surface area contributed by atoms with Gasteiger partial charge in [0.15, 0.2) is 12.2 Å². The first-order valence-corrected chi connectivity index (χ1v) is 39.6. The van der Waals surface area contributed by atoms with Gasteiger partial charge in [-0.3, -0.25) is 37.3 Å². The summed E-state index contributed by atoms with van der Waals surface area (Å²) in [5.41, 5.74) is 0. The van der Waals surface area contributed by atoms with E-state index in [1.807, 2.05) is 0 Å².